The van der Waals surface area contributed by atoms with Gasteiger partial charge in [0, 0.05) is 19.1 Å². The summed E-state index contributed by atoms with van der Waals surface area (Å²) in [6.07, 6.45) is 8.90. The highest BCUT2D eigenvalue weighted by Crippen LogP contribution is 2.38. The minimum atomic E-state index is 0.803. The van der Waals surface area contributed by atoms with Crippen LogP contribution in [0.1, 0.15) is 38.5 Å². The summed E-state index contributed by atoms with van der Waals surface area (Å²) >= 11 is 0. The molecule has 1 aliphatic heterocycles. The molecule has 1 N–H and O–H groups in total. The summed E-state index contributed by atoms with van der Waals surface area (Å²) < 4.78 is 0. The largest absolute Gasteiger partial charge is 0.312 e. The van der Waals surface area contributed by atoms with Gasteiger partial charge in [-0.1, -0.05) is 12.8 Å². The molecule has 0 aromatic carbocycles. The quantitative estimate of drug-likeness (QED) is 0.784. The van der Waals surface area contributed by atoms with Gasteiger partial charge in [-0.3, -0.25) is 0 Å². The maximum Gasteiger partial charge on any atom is 0.0226 e. The Kier molecular flexibility index (Phi) is 3.21. The Morgan fingerprint density at radius 2 is 1.88 bits per heavy atom. The molecule has 0 spiro atoms. The van der Waals surface area contributed by atoms with E-state index in [1.165, 1.54) is 58.2 Å². The molecular weight excluding hydrogens is 196 g/mol. The first-order valence-electron chi connectivity index (χ1n) is 7.25. The van der Waals surface area contributed by atoms with Crippen LogP contribution in [0.25, 0.3) is 0 Å². The summed E-state index contributed by atoms with van der Waals surface area (Å²) in [5, 5.41) is 3.76. The molecule has 92 valence electrons. The Morgan fingerprint density at radius 1 is 1.06 bits per heavy atom. The molecule has 0 bridgehead atoms. The van der Waals surface area contributed by atoms with Crippen LogP contribution in [0.4, 0.5) is 0 Å². The second kappa shape index (κ2) is 4.66. The first kappa shape index (κ1) is 11.0. The van der Waals surface area contributed by atoms with Crippen LogP contribution < -0.4 is 5.32 Å². The van der Waals surface area contributed by atoms with Crippen LogP contribution in [0.2, 0.25) is 0 Å². The van der Waals surface area contributed by atoms with Crippen molar-refractivity contribution in [3.8, 4) is 0 Å². The van der Waals surface area contributed by atoms with Crippen molar-refractivity contribution in [1.82, 2.24) is 10.2 Å². The van der Waals surface area contributed by atoms with E-state index in [0.717, 1.165) is 23.8 Å². The van der Waals surface area contributed by atoms with E-state index in [1.54, 1.807) is 0 Å². The third kappa shape index (κ3) is 2.14. The molecule has 16 heavy (non-hydrogen) atoms. The second-order valence-corrected chi connectivity index (χ2v) is 6.39. The van der Waals surface area contributed by atoms with Gasteiger partial charge in [-0.05, 0) is 57.0 Å². The van der Waals surface area contributed by atoms with E-state index in [-0.39, 0.29) is 0 Å². The van der Waals surface area contributed by atoms with Gasteiger partial charge in [0.1, 0.15) is 0 Å². The van der Waals surface area contributed by atoms with Gasteiger partial charge in [0.25, 0.3) is 0 Å². The number of likely N-dealkylation sites (N-methyl/N-ethyl adjacent to an activating group) is 1. The standard InChI is InChI=1S/C14H26N2/c1-16(9-11-4-2-5-11)10-14-13-7-3-6-12(13)8-15-14/h11-15H,2-10H2,1H3. The van der Waals surface area contributed by atoms with Gasteiger partial charge < -0.3 is 10.2 Å². The van der Waals surface area contributed by atoms with Crippen LogP contribution in [0.15, 0.2) is 0 Å². The predicted octanol–water partition coefficient (Wildman–Crippen LogP) is 2.11. The lowest BCUT2D eigenvalue weighted by atomic mass is 9.85. The second-order valence-electron chi connectivity index (χ2n) is 6.39. The van der Waals surface area contributed by atoms with E-state index in [1.807, 2.05) is 0 Å². The van der Waals surface area contributed by atoms with Crippen molar-refractivity contribution in [3.05, 3.63) is 0 Å². The predicted molar refractivity (Wildman–Crippen MR) is 67.5 cm³/mol. The van der Waals surface area contributed by atoms with Crippen molar-refractivity contribution < 1.29 is 0 Å². The molecule has 3 aliphatic rings. The molecular formula is C14H26N2. The number of rotatable bonds is 4. The molecule has 3 rings (SSSR count). The zero-order chi connectivity index (χ0) is 11.0. The lowest BCUT2D eigenvalue weighted by molar-refractivity contribution is 0.184. The number of fused-ring (bicyclic) bond motifs is 1. The lowest BCUT2D eigenvalue weighted by Crippen LogP contribution is -2.41. The topological polar surface area (TPSA) is 15.3 Å². The van der Waals surface area contributed by atoms with Gasteiger partial charge >= 0.3 is 0 Å². The molecule has 0 aromatic rings. The average molecular weight is 222 g/mol. The fourth-order valence-electron chi connectivity index (χ4n) is 4.03. The maximum absolute atomic E-state index is 3.76. The van der Waals surface area contributed by atoms with Crippen molar-refractivity contribution in [2.24, 2.45) is 17.8 Å². The number of nitrogens with one attached hydrogen (secondary N) is 1. The molecule has 0 aromatic heterocycles. The smallest absolute Gasteiger partial charge is 0.0226 e. The fourth-order valence-corrected chi connectivity index (χ4v) is 4.03. The SMILES string of the molecule is CN(CC1CCC1)CC1NCC2CCCC21. The summed E-state index contributed by atoms with van der Waals surface area (Å²) in [7, 11) is 2.32. The zero-order valence-electron chi connectivity index (χ0n) is 10.6. The molecule has 1 saturated heterocycles. The van der Waals surface area contributed by atoms with Gasteiger partial charge in [-0.25, -0.2) is 0 Å². The van der Waals surface area contributed by atoms with E-state index < -0.39 is 0 Å². The van der Waals surface area contributed by atoms with E-state index in [4.69, 9.17) is 0 Å². The molecule has 3 unspecified atom stereocenters. The van der Waals surface area contributed by atoms with Gasteiger partial charge in [0.05, 0.1) is 0 Å². The third-order valence-corrected chi connectivity index (χ3v) is 5.18. The molecule has 3 fully saturated rings. The Bertz CT molecular complexity index is 237. The minimum absolute atomic E-state index is 0.803. The van der Waals surface area contributed by atoms with E-state index in [0.29, 0.717) is 0 Å². The minimum Gasteiger partial charge on any atom is -0.312 e. The Balaban J connectivity index is 1.46. The highest BCUT2D eigenvalue weighted by molar-refractivity contribution is 4.95. The molecule has 0 amide bonds. The van der Waals surface area contributed by atoms with E-state index in [9.17, 15) is 0 Å². The summed E-state index contributed by atoms with van der Waals surface area (Å²) in [5.74, 6) is 3.04. The maximum atomic E-state index is 3.76. The molecule has 0 radical (unpaired) electrons. The first-order valence-corrected chi connectivity index (χ1v) is 7.25. The van der Waals surface area contributed by atoms with Crippen LogP contribution in [0.3, 0.4) is 0 Å². The highest BCUT2D eigenvalue weighted by Gasteiger charge is 2.39. The monoisotopic (exact) mass is 222 g/mol. The van der Waals surface area contributed by atoms with Crippen molar-refractivity contribution in [3.63, 3.8) is 0 Å². The fraction of sp³-hybridized carbons (Fsp3) is 1.00. The van der Waals surface area contributed by atoms with Crippen molar-refractivity contribution in [1.29, 1.82) is 0 Å². The Morgan fingerprint density at radius 3 is 2.62 bits per heavy atom. The Labute approximate surface area is 99.8 Å². The lowest BCUT2D eigenvalue weighted by Gasteiger charge is -2.32. The normalized spacial score (nSPS) is 39.0. The summed E-state index contributed by atoms with van der Waals surface area (Å²) in [4.78, 5) is 2.59. The molecule has 1 heterocycles. The van der Waals surface area contributed by atoms with Crippen molar-refractivity contribution in [2.45, 2.75) is 44.6 Å². The number of nitrogens with zero attached hydrogens (tertiary/aromatic N) is 1. The summed E-state index contributed by atoms with van der Waals surface area (Å²) in [6, 6.07) is 0.803. The molecule has 2 saturated carbocycles. The van der Waals surface area contributed by atoms with Crippen LogP contribution in [-0.4, -0.2) is 37.6 Å². The molecule has 2 nitrogen and oxygen atoms in total. The van der Waals surface area contributed by atoms with Crippen LogP contribution in [0.5, 0.6) is 0 Å². The van der Waals surface area contributed by atoms with Crippen molar-refractivity contribution in [2.75, 3.05) is 26.7 Å². The number of hydrogen-bond acceptors (Lipinski definition) is 2. The molecule has 2 heteroatoms. The molecule has 2 aliphatic carbocycles. The van der Waals surface area contributed by atoms with Gasteiger partial charge in [0.15, 0.2) is 0 Å². The summed E-state index contributed by atoms with van der Waals surface area (Å²) in [5.41, 5.74) is 0. The van der Waals surface area contributed by atoms with E-state index in [2.05, 4.69) is 17.3 Å². The van der Waals surface area contributed by atoms with Crippen LogP contribution in [0, 0.1) is 17.8 Å². The van der Waals surface area contributed by atoms with Crippen molar-refractivity contribution >= 4 is 0 Å². The van der Waals surface area contributed by atoms with Crippen LogP contribution in [-0.2, 0) is 0 Å². The number of hydrogen-bond donors (Lipinski definition) is 1. The van der Waals surface area contributed by atoms with Gasteiger partial charge in [-0.15, -0.1) is 0 Å². The van der Waals surface area contributed by atoms with Gasteiger partial charge in [0.2, 0.25) is 0 Å². The van der Waals surface area contributed by atoms with Gasteiger partial charge in [-0.2, -0.15) is 0 Å². The average Bonchev–Trinajstić information content (AvgIpc) is 2.76. The first-order chi connectivity index (χ1) is 7.83. The summed E-state index contributed by atoms with van der Waals surface area (Å²) in [6.45, 7) is 3.93. The Hall–Kier alpha value is -0.0800. The zero-order valence-corrected chi connectivity index (χ0v) is 10.6. The van der Waals surface area contributed by atoms with Crippen LogP contribution >= 0.6 is 0 Å². The molecule has 3 atom stereocenters. The van der Waals surface area contributed by atoms with E-state index >= 15 is 0 Å². The highest BCUT2D eigenvalue weighted by atomic mass is 15.1. The third-order valence-electron chi connectivity index (χ3n) is 5.18.